The zero-order valence-corrected chi connectivity index (χ0v) is 15.7. The van der Waals surface area contributed by atoms with E-state index >= 15 is 0 Å². The number of amides is 1. The van der Waals surface area contributed by atoms with Crippen LogP contribution in [0.4, 0.5) is 11.4 Å². The quantitative estimate of drug-likeness (QED) is 0.685. The smallest absolute Gasteiger partial charge is 0.337 e. The molecule has 4 rings (SSSR count). The topological polar surface area (TPSA) is 92.8 Å². The molecule has 7 nitrogen and oxygen atoms in total. The molecule has 1 aliphatic heterocycles. The van der Waals surface area contributed by atoms with Gasteiger partial charge in [0, 0.05) is 11.1 Å². The van der Waals surface area contributed by atoms with Crippen LogP contribution < -0.4 is 9.62 Å². The fraction of sp³-hybridized carbons (Fsp3) is 0.100. The summed E-state index contributed by atoms with van der Waals surface area (Å²) >= 11 is 0. The van der Waals surface area contributed by atoms with Crippen LogP contribution in [0.2, 0.25) is 0 Å². The lowest BCUT2D eigenvalue weighted by Crippen LogP contribution is -2.35. The maximum atomic E-state index is 12.9. The summed E-state index contributed by atoms with van der Waals surface area (Å²) in [6.07, 6.45) is 0. The third kappa shape index (κ3) is 2.87. The molecule has 0 aliphatic carbocycles. The number of benzene rings is 3. The van der Waals surface area contributed by atoms with E-state index < -0.39 is 21.9 Å². The van der Waals surface area contributed by atoms with Gasteiger partial charge < -0.3 is 10.1 Å². The van der Waals surface area contributed by atoms with Crippen molar-refractivity contribution in [2.24, 2.45) is 0 Å². The SMILES string of the molecule is COC(=O)c1ccc(NC(=O)CN2c3cccc4cccc(c34)S2(=O)=O)cc1. The Morgan fingerprint density at radius 2 is 1.68 bits per heavy atom. The fourth-order valence-corrected chi connectivity index (χ4v) is 4.93. The maximum absolute atomic E-state index is 12.9. The molecule has 1 amide bonds. The van der Waals surface area contributed by atoms with Crippen LogP contribution in [-0.2, 0) is 19.6 Å². The standard InChI is InChI=1S/C20H16N2O5S/c1-27-20(24)14-8-10-15(11-9-14)21-18(23)12-22-16-6-2-4-13-5-3-7-17(19(13)16)28(22,25)26/h2-11H,12H2,1H3,(H,21,23). The van der Waals surface area contributed by atoms with Crippen LogP contribution in [0.1, 0.15) is 10.4 Å². The molecule has 142 valence electrons. The molecule has 0 unspecified atom stereocenters. The molecule has 28 heavy (non-hydrogen) atoms. The molecule has 3 aromatic carbocycles. The lowest BCUT2D eigenvalue weighted by Gasteiger charge is -2.18. The number of hydrogen-bond donors (Lipinski definition) is 1. The van der Waals surface area contributed by atoms with E-state index in [0.717, 1.165) is 9.69 Å². The first-order chi connectivity index (χ1) is 13.4. The zero-order valence-electron chi connectivity index (χ0n) is 14.9. The van der Waals surface area contributed by atoms with E-state index in [2.05, 4.69) is 10.1 Å². The normalized spacial score (nSPS) is 14.1. The molecule has 8 heteroatoms. The summed E-state index contributed by atoms with van der Waals surface area (Å²) in [5.74, 6) is -0.967. The first-order valence-corrected chi connectivity index (χ1v) is 9.88. The van der Waals surface area contributed by atoms with Gasteiger partial charge in [0.25, 0.3) is 10.0 Å². The van der Waals surface area contributed by atoms with Crippen molar-refractivity contribution in [3.05, 3.63) is 66.2 Å². The largest absolute Gasteiger partial charge is 0.465 e. The summed E-state index contributed by atoms with van der Waals surface area (Å²) in [5, 5.41) is 4.08. The molecule has 0 bridgehead atoms. The van der Waals surface area contributed by atoms with Crippen molar-refractivity contribution in [3.8, 4) is 0 Å². The van der Waals surface area contributed by atoms with Crippen LogP contribution in [0, 0.1) is 0 Å². The third-order valence-corrected chi connectivity index (χ3v) is 6.36. The van der Waals surface area contributed by atoms with E-state index in [-0.39, 0.29) is 11.4 Å². The lowest BCUT2D eigenvalue weighted by molar-refractivity contribution is -0.114. The lowest BCUT2D eigenvalue weighted by atomic mass is 10.1. The van der Waals surface area contributed by atoms with Crippen LogP contribution in [-0.4, -0.2) is 33.9 Å². The molecule has 1 heterocycles. The Hall–Kier alpha value is -3.39. The molecular weight excluding hydrogens is 380 g/mol. The van der Waals surface area contributed by atoms with Crippen LogP contribution in [0.25, 0.3) is 10.8 Å². The Morgan fingerprint density at radius 1 is 1.00 bits per heavy atom. The van der Waals surface area contributed by atoms with Gasteiger partial charge in [0.2, 0.25) is 5.91 Å². The van der Waals surface area contributed by atoms with Gasteiger partial charge in [-0.15, -0.1) is 0 Å². The minimum atomic E-state index is -3.80. The molecule has 0 saturated heterocycles. The number of anilines is 2. The van der Waals surface area contributed by atoms with Gasteiger partial charge in [-0.25, -0.2) is 13.2 Å². The molecular formula is C20H16N2O5S. The summed E-state index contributed by atoms with van der Waals surface area (Å²) in [6.45, 7) is -0.352. The molecule has 1 aliphatic rings. The molecule has 0 radical (unpaired) electrons. The van der Waals surface area contributed by atoms with Crippen LogP contribution in [0.3, 0.4) is 0 Å². The highest BCUT2D eigenvalue weighted by atomic mass is 32.2. The monoisotopic (exact) mass is 396 g/mol. The molecule has 0 atom stereocenters. The number of rotatable bonds is 4. The average molecular weight is 396 g/mol. The number of esters is 1. The predicted molar refractivity (Wildman–Crippen MR) is 105 cm³/mol. The second-order valence-corrected chi connectivity index (χ2v) is 8.09. The van der Waals surface area contributed by atoms with Gasteiger partial charge in [-0.1, -0.05) is 24.3 Å². The molecule has 3 aromatic rings. The Morgan fingerprint density at radius 3 is 2.36 bits per heavy atom. The van der Waals surface area contributed by atoms with Gasteiger partial charge in [0.05, 0.1) is 23.3 Å². The first-order valence-electron chi connectivity index (χ1n) is 8.44. The highest BCUT2D eigenvalue weighted by Crippen LogP contribution is 2.41. The summed E-state index contributed by atoms with van der Waals surface area (Å²) in [4.78, 5) is 24.2. The number of carbonyl (C=O) groups is 2. The van der Waals surface area contributed by atoms with E-state index in [0.29, 0.717) is 22.3 Å². The molecule has 0 aromatic heterocycles. The van der Waals surface area contributed by atoms with Gasteiger partial charge in [0.15, 0.2) is 0 Å². The van der Waals surface area contributed by atoms with E-state index in [1.807, 2.05) is 12.1 Å². The van der Waals surface area contributed by atoms with Gasteiger partial charge in [-0.05, 0) is 41.8 Å². The molecule has 0 saturated carbocycles. The van der Waals surface area contributed by atoms with Gasteiger partial charge in [-0.2, -0.15) is 0 Å². The fourth-order valence-electron chi connectivity index (χ4n) is 3.27. The van der Waals surface area contributed by atoms with Crippen molar-refractivity contribution in [2.75, 3.05) is 23.3 Å². The number of sulfonamides is 1. The van der Waals surface area contributed by atoms with Crippen LogP contribution in [0.15, 0.2) is 65.6 Å². The summed E-state index contributed by atoms with van der Waals surface area (Å²) in [5.41, 5.74) is 1.29. The Labute approximate surface area is 161 Å². The number of nitrogens with zero attached hydrogens (tertiary/aromatic N) is 1. The summed E-state index contributed by atoms with van der Waals surface area (Å²) in [7, 11) is -2.51. The second-order valence-electron chi connectivity index (χ2n) is 6.26. The average Bonchev–Trinajstić information content (AvgIpc) is 2.91. The second kappa shape index (κ2) is 6.65. The Kier molecular flexibility index (Phi) is 4.27. The molecule has 1 N–H and O–H groups in total. The van der Waals surface area contributed by atoms with Crippen molar-refractivity contribution in [3.63, 3.8) is 0 Å². The number of nitrogens with one attached hydrogen (secondary N) is 1. The Balaban J connectivity index is 1.57. The molecule has 0 spiro atoms. The Bertz CT molecular complexity index is 1200. The van der Waals surface area contributed by atoms with Crippen molar-refractivity contribution < 1.29 is 22.7 Å². The van der Waals surface area contributed by atoms with Crippen molar-refractivity contribution in [1.29, 1.82) is 0 Å². The minimum Gasteiger partial charge on any atom is -0.465 e. The first kappa shape index (κ1) is 18.0. The van der Waals surface area contributed by atoms with Crippen molar-refractivity contribution >= 4 is 44.0 Å². The zero-order chi connectivity index (χ0) is 19.9. The number of hydrogen-bond acceptors (Lipinski definition) is 5. The highest BCUT2D eigenvalue weighted by molar-refractivity contribution is 7.93. The molecule has 0 fully saturated rings. The summed E-state index contributed by atoms with van der Waals surface area (Å²) in [6, 6.07) is 16.5. The minimum absolute atomic E-state index is 0.204. The van der Waals surface area contributed by atoms with Crippen LogP contribution in [0.5, 0.6) is 0 Å². The van der Waals surface area contributed by atoms with E-state index in [1.165, 1.54) is 19.2 Å². The maximum Gasteiger partial charge on any atom is 0.337 e. The van der Waals surface area contributed by atoms with Crippen LogP contribution >= 0.6 is 0 Å². The third-order valence-electron chi connectivity index (χ3n) is 4.56. The van der Waals surface area contributed by atoms with Gasteiger partial charge >= 0.3 is 5.97 Å². The van der Waals surface area contributed by atoms with Crippen molar-refractivity contribution in [2.45, 2.75) is 4.90 Å². The van der Waals surface area contributed by atoms with Gasteiger partial charge in [0.1, 0.15) is 6.54 Å². The summed E-state index contributed by atoms with van der Waals surface area (Å²) < 4.78 is 31.5. The number of ether oxygens (including phenoxy) is 1. The van der Waals surface area contributed by atoms with E-state index in [9.17, 15) is 18.0 Å². The highest BCUT2D eigenvalue weighted by Gasteiger charge is 2.36. The number of methoxy groups -OCH3 is 1. The number of carbonyl (C=O) groups excluding carboxylic acids is 2. The van der Waals surface area contributed by atoms with E-state index in [1.54, 1.807) is 36.4 Å². The van der Waals surface area contributed by atoms with E-state index in [4.69, 9.17) is 0 Å². The van der Waals surface area contributed by atoms with Crippen molar-refractivity contribution in [1.82, 2.24) is 0 Å². The van der Waals surface area contributed by atoms with Gasteiger partial charge in [-0.3, -0.25) is 9.10 Å². The predicted octanol–water partition coefficient (Wildman–Crippen LogP) is 2.77.